The summed E-state index contributed by atoms with van der Waals surface area (Å²) in [4.78, 5) is 97.2. The second-order valence-corrected chi connectivity index (χ2v) is 12.7. The zero-order chi connectivity index (χ0) is 42.8. The minimum absolute atomic E-state index is 0. The molecule has 0 saturated heterocycles. The number of amides is 4. The Morgan fingerprint density at radius 1 is 0.467 bits per heavy atom. The van der Waals surface area contributed by atoms with Crippen LogP contribution in [0.15, 0.2) is 83.0 Å². The van der Waals surface area contributed by atoms with Gasteiger partial charge in [0, 0.05) is 61.6 Å². The van der Waals surface area contributed by atoms with Crippen molar-refractivity contribution in [2.45, 2.75) is 41.5 Å². The number of anilines is 6. The first kappa shape index (κ1) is 50.1. The number of benzene rings is 4. The number of hydrazone groups is 2. The predicted molar refractivity (Wildman–Crippen MR) is 212 cm³/mol. The first-order valence-corrected chi connectivity index (χ1v) is 17.1. The fourth-order valence-electron chi connectivity index (χ4n) is 5.32. The number of aromatic carboxylic acids is 2. The summed E-state index contributed by atoms with van der Waals surface area (Å²) in [7, 11) is 0. The number of nitrogens with one attached hydrogen (secondary N) is 6. The molecule has 0 spiro atoms. The zero-order valence-corrected chi connectivity index (χ0v) is 37.9. The second-order valence-electron chi connectivity index (χ2n) is 12.7. The minimum atomic E-state index is -1.59. The molecule has 0 unspecified atom stereocenters. The topological polar surface area (TPSA) is 280 Å². The molecule has 0 aromatic heterocycles. The molecule has 0 bridgehead atoms. The molecule has 18 nitrogen and oxygen atoms in total. The van der Waals surface area contributed by atoms with Gasteiger partial charge in [-0.25, -0.2) is 0 Å². The molecule has 4 rings (SSSR count). The van der Waals surface area contributed by atoms with E-state index in [1.807, 2.05) is 0 Å². The monoisotopic (exact) mass is 834 g/mol. The fourth-order valence-corrected chi connectivity index (χ4v) is 5.32. The van der Waals surface area contributed by atoms with Gasteiger partial charge in [0.25, 0.3) is 11.8 Å². The number of rotatable bonds is 15. The van der Waals surface area contributed by atoms with Crippen molar-refractivity contribution >= 4 is 92.7 Å². The number of aryl methyl sites for hydroxylation is 2. The van der Waals surface area contributed by atoms with Crippen molar-refractivity contribution in [3.05, 3.63) is 95.1 Å². The van der Waals surface area contributed by atoms with Crippen molar-refractivity contribution in [3.63, 3.8) is 0 Å². The van der Waals surface area contributed by atoms with Crippen LogP contribution in [-0.4, -0.2) is 58.6 Å². The second kappa shape index (κ2) is 22.4. The molecule has 20 heteroatoms. The largest absolute Gasteiger partial charge is 1.00 e. The molecule has 4 aromatic rings. The van der Waals surface area contributed by atoms with Gasteiger partial charge in [-0.3, -0.25) is 39.6 Å². The van der Waals surface area contributed by atoms with Crippen molar-refractivity contribution in [1.29, 1.82) is 0 Å². The zero-order valence-electron chi connectivity index (χ0n) is 33.9. The van der Waals surface area contributed by atoms with Gasteiger partial charge in [0.2, 0.25) is 11.8 Å². The Morgan fingerprint density at radius 3 is 1.08 bits per heavy atom. The Kier molecular flexibility index (Phi) is 18.7. The number of hydrogen-bond donors (Lipinski definition) is 6. The van der Waals surface area contributed by atoms with Gasteiger partial charge in [0.1, 0.15) is 0 Å². The van der Waals surface area contributed by atoms with Gasteiger partial charge >= 0.3 is 59.1 Å². The SMILES string of the molecule is CC(=O)Nc1ccc(NN=C(C(C)=O)C(=O)Nc2ccc(-c3ccc(NC(=O)C(=NNc4ccc(NC(C)=O)cc4C(=O)[O-])C(C)=O)c(C)c3)cc2C)c(C(=O)[O-])c1.[Na+].[Na+]. The van der Waals surface area contributed by atoms with Crippen molar-refractivity contribution < 1.29 is 108 Å². The Balaban J connectivity index is 0.00000620. The van der Waals surface area contributed by atoms with Crippen LogP contribution in [0.2, 0.25) is 0 Å². The van der Waals surface area contributed by atoms with Gasteiger partial charge in [-0.05, 0) is 96.8 Å². The van der Waals surface area contributed by atoms with E-state index in [1.54, 1.807) is 50.2 Å². The number of nitrogens with zero attached hydrogens (tertiary/aromatic N) is 2. The van der Waals surface area contributed by atoms with Crippen molar-refractivity contribution in [3.8, 4) is 11.1 Å². The maximum absolute atomic E-state index is 13.2. The number of carbonyl (C=O) groups excluding carboxylic acids is 8. The molecule has 0 radical (unpaired) electrons. The smallest absolute Gasteiger partial charge is 0.545 e. The summed E-state index contributed by atoms with van der Waals surface area (Å²) >= 11 is 0. The quantitative estimate of drug-likeness (QED) is 0.0296. The van der Waals surface area contributed by atoms with E-state index in [0.717, 1.165) is 37.1 Å². The van der Waals surface area contributed by atoms with E-state index < -0.39 is 58.6 Å². The Bertz CT molecular complexity index is 2300. The van der Waals surface area contributed by atoms with E-state index in [9.17, 15) is 48.6 Å². The molecule has 60 heavy (non-hydrogen) atoms. The summed E-state index contributed by atoms with van der Waals surface area (Å²) in [5.74, 6) is -7.22. The van der Waals surface area contributed by atoms with E-state index in [0.29, 0.717) is 22.5 Å². The molecule has 0 saturated carbocycles. The maximum atomic E-state index is 13.2. The van der Waals surface area contributed by atoms with Crippen LogP contribution in [0.3, 0.4) is 0 Å². The molecular weight excluding hydrogens is 798 g/mol. The predicted octanol–water partition coefficient (Wildman–Crippen LogP) is -3.39. The van der Waals surface area contributed by atoms with Gasteiger partial charge < -0.3 is 41.1 Å². The first-order valence-electron chi connectivity index (χ1n) is 17.1. The average molecular weight is 835 g/mol. The van der Waals surface area contributed by atoms with Gasteiger partial charge in [-0.1, -0.05) is 12.1 Å². The molecule has 0 atom stereocenters. The van der Waals surface area contributed by atoms with Gasteiger partial charge in [0.15, 0.2) is 23.0 Å². The van der Waals surface area contributed by atoms with Crippen molar-refractivity contribution in [2.24, 2.45) is 10.2 Å². The van der Waals surface area contributed by atoms with E-state index in [4.69, 9.17) is 0 Å². The van der Waals surface area contributed by atoms with E-state index in [2.05, 4.69) is 42.3 Å². The number of Topliss-reactive ketones (excluding diaryl/α,β-unsaturated/α-hetero) is 2. The molecule has 6 N–H and O–H groups in total. The van der Waals surface area contributed by atoms with Crippen LogP contribution in [0, 0.1) is 13.8 Å². The van der Waals surface area contributed by atoms with Crippen LogP contribution in [0.1, 0.15) is 59.5 Å². The average Bonchev–Trinajstić information content (AvgIpc) is 3.13. The molecule has 0 aliphatic heterocycles. The molecular formula is C40H36N8Na2O10. The van der Waals surface area contributed by atoms with Crippen LogP contribution in [-0.2, 0) is 28.8 Å². The number of carbonyl (C=O) groups is 8. The van der Waals surface area contributed by atoms with Crippen molar-refractivity contribution in [2.75, 3.05) is 32.1 Å². The minimum Gasteiger partial charge on any atom is -0.545 e. The standard InChI is InChI=1S/C40H38N8O10.2Na/c1-19-15-25(7-11-31(19)43-37(53)35(21(3)49)47-45-33-13-9-27(41-23(5)51)17-29(33)39(55)56)26-8-12-32(20(2)16-26)44-38(54)36(22(4)50)48-46-34-14-10-28(42-24(6)52)18-30(34)40(57)58;;/h7-18,45-46H,1-6H3,(H,41,51)(H,42,52)(H,43,53)(H,44,54)(H,55,56)(H,57,58);;/q;2*+1/p-2. The summed E-state index contributed by atoms with van der Waals surface area (Å²) in [5.41, 5.74) is 6.49. The summed E-state index contributed by atoms with van der Waals surface area (Å²) in [6.07, 6.45) is 0. The summed E-state index contributed by atoms with van der Waals surface area (Å²) < 4.78 is 0. The molecule has 0 aliphatic carbocycles. The van der Waals surface area contributed by atoms with Crippen LogP contribution in [0.25, 0.3) is 11.1 Å². The van der Waals surface area contributed by atoms with Crippen LogP contribution in [0.5, 0.6) is 0 Å². The summed E-state index contributed by atoms with van der Waals surface area (Å²) in [6, 6.07) is 17.8. The van der Waals surface area contributed by atoms with Crippen LogP contribution in [0.4, 0.5) is 34.1 Å². The van der Waals surface area contributed by atoms with Gasteiger partial charge in [-0.2, -0.15) is 10.2 Å². The van der Waals surface area contributed by atoms with Gasteiger partial charge in [-0.15, -0.1) is 0 Å². The maximum Gasteiger partial charge on any atom is 1.00 e. The van der Waals surface area contributed by atoms with Crippen LogP contribution < -0.4 is 101 Å². The number of hydrogen-bond acceptors (Lipinski definition) is 14. The third kappa shape index (κ3) is 13.5. The van der Waals surface area contributed by atoms with Crippen LogP contribution >= 0.6 is 0 Å². The summed E-state index contributed by atoms with van der Waals surface area (Å²) in [5, 5.41) is 41.3. The Hall–Kier alpha value is -6.02. The normalized spacial score (nSPS) is 10.8. The number of carboxylic acid groups (broad SMARTS) is 2. The Morgan fingerprint density at radius 2 is 0.800 bits per heavy atom. The molecule has 4 aromatic carbocycles. The molecule has 0 heterocycles. The molecule has 4 amide bonds. The van der Waals surface area contributed by atoms with E-state index >= 15 is 0 Å². The third-order valence-electron chi connectivity index (χ3n) is 8.08. The van der Waals surface area contributed by atoms with E-state index in [1.165, 1.54) is 38.1 Å². The van der Waals surface area contributed by atoms with Gasteiger partial charge in [0.05, 0.1) is 23.3 Å². The van der Waals surface area contributed by atoms with Crippen molar-refractivity contribution in [1.82, 2.24) is 0 Å². The first-order chi connectivity index (χ1) is 27.3. The molecule has 0 fully saturated rings. The molecule has 298 valence electrons. The molecule has 0 aliphatic rings. The third-order valence-corrected chi connectivity index (χ3v) is 8.08. The Labute approximate surface area is 387 Å². The summed E-state index contributed by atoms with van der Waals surface area (Å²) in [6.45, 7) is 8.16. The number of carboxylic acids is 2. The van der Waals surface area contributed by atoms with E-state index in [-0.39, 0.29) is 93.0 Å². The number of ketones is 2. The fraction of sp³-hybridized carbons (Fsp3) is 0.150.